The van der Waals surface area contributed by atoms with Gasteiger partial charge in [0.15, 0.2) is 11.6 Å². The minimum absolute atomic E-state index is 0.698. The van der Waals surface area contributed by atoms with E-state index in [-0.39, 0.29) is 0 Å². The second-order valence-electron chi connectivity index (χ2n) is 7.20. The Balaban J connectivity index is 1.76. The first kappa shape index (κ1) is 18.7. The molecule has 0 atom stereocenters. The van der Waals surface area contributed by atoms with E-state index in [9.17, 15) is 5.26 Å². The van der Waals surface area contributed by atoms with Gasteiger partial charge in [-0.25, -0.2) is 9.97 Å². The van der Waals surface area contributed by atoms with Gasteiger partial charge in [-0.2, -0.15) is 5.26 Å². The van der Waals surface area contributed by atoms with Crippen molar-refractivity contribution in [2.45, 2.75) is 20.8 Å². The molecule has 0 spiro atoms. The van der Waals surface area contributed by atoms with Gasteiger partial charge in [0.2, 0.25) is 0 Å². The fraction of sp³-hybridized carbons (Fsp3) is 0.381. The normalized spacial score (nSPS) is 15.0. The quantitative estimate of drug-likeness (QED) is 0.713. The molecular formula is C21H25N6S+. The van der Waals surface area contributed by atoms with Crippen LogP contribution in [0.15, 0.2) is 24.3 Å². The minimum Gasteiger partial charge on any atom is -0.342 e. The van der Waals surface area contributed by atoms with Crippen molar-refractivity contribution < 1.29 is 4.90 Å². The Kier molecular flexibility index (Phi) is 5.16. The number of anilines is 3. The van der Waals surface area contributed by atoms with Crippen molar-refractivity contribution >= 4 is 39.0 Å². The van der Waals surface area contributed by atoms with Crippen LogP contribution in [0, 0.1) is 25.2 Å². The van der Waals surface area contributed by atoms with Crippen molar-refractivity contribution in [1.29, 1.82) is 5.26 Å². The number of fused-ring (bicyclic) bond motifs is 1. The molecular weight excluding hydrogens is 368 g/mol. The summed E-state index contributed by atoms with van der Waals surface area (Å²) in [6, 6.07) is 10.3. The Morgan fingerprint density at radius 2 is 1.86 bits per heavy atom. The third kappa shape index (κ3) is 3.41. The standard InChI is InChI=1S/C21H24N6S/c1-4-26-9-11-27(12-10-26)20-19(23-17-7-5-6-8-18(17)24-20)25-21-16(13-22)14(2)15(3)28-21/h5-8H,4,9-12H2,1-3H3,(H,23,25)/p+1. The number of hydrogen-bond acceptors (Lipinski definition) is 6. The van der Waals surface area contributed by atoms with Crippen molar-refractivity contribution in [3.05, 3.63) is 40.3 Å². The van der Waals surface area contributed by atoms with Gasteiger partial charge in [0, 0.05) is 4.88 Å². The first-order chi connectivity index (χ1) is 13.6. The summed E-state index contributed by atoms with van der Waals surface area (Å²) >= 11 is 1.60. The van der Waals surface area contributed by atoms with E-state index in [0.29, 0.717) is 5.56 Å². The number of piperazine rings is 1. The van der Waals surface area contributed by atoms with Crippen LogP contribution in [-0.4, -0.2) is 42.7 Å². The summed E-state index contributed by atoms with van der Waals surface area (Å²) in [5, 5.41) is 13.9. The van der Waals surface area contributed by atoms with E-state index in [1.807, 2.05) is 38.1 Å². The van der Waals surface area contributed by atoms with Crippen molar-refractivity contribution in [1.82, 2.24) is 9.97 Å². The summed E-state index contributed by atoms with van der Waals surface area (Å²) in [6.45, 7) is 11.6. The second kappa shape index (κ2) is 7.74. The number of aromatic nitrogens is 2. The second-order valence-corrected chi connectivity index (χ2v) is 8.42. The lowest BCUT2D eigenvalue weighted by atomic mass is 10.2. The lowest BCUT2D eigenvalue weighted by Gasteiger charge is -2.33. The predicted octanol–water partition coefficient (Wildman–Crippen LogP) is 2.65. The highest BCUT2D eigenvalue weighted by Crippen LogP contribution is 2.36. The maximum atomic E-state index is 9.60. The molecule has 144 valence electrons. The van der Waals surface area contributed by atoms with Gasteiger partial charge in [0.05, 0.1) is 49.3 Å². The summed E-state index contributed by atoms with van der Waals surface area (Å²) in [7, 11) is 0. The van der Waals surface area contributed by atoms with E-state index in [0.717, 1.165) is 70.8 Å². The molecule has 1 fully saturated rings. The molecule has 0 saturated carbocycles. The summed E-state index contributed by atoms with van der Waals surface area (Å²) in [4.78, 5) is 14.9. The van der Waals surface area contributed by atoms with Gasteiger partial charge in [0.1, 0.15) is 11.1 Å². The highest BCUT2D eigenvalue weighted by atomic mass is 32.1. The smallest absolute Gasteiger partial charge is 0.175 e. The lowest BCUT2D eigenvalue weighted by molar-refractivity contribution is -0.898. The van der Waals surface area contributed by atoms with E-state index in [1.54, 1.807) is 16.2 Å². The summed E-state index contributed by atoms with van der Waals surface area (Å²) < 4.78 is 0. The third-order valence-electron chi connectivity index (χ3n) is 5.55. The highest BCUT2D eigenvalue weighted by Gasteiger charge is 2.24. The Hall–Kier alpha value is -2.69. The van der Waals surface area contributed by atoms with Gasteiger partial charge >= 0.3 is 0 Å². The molecule has 0 amide bonds. The summed E-state index contributed by atoms with van der Waals surface area (Å²) in [6.07, 6.45) is 0. The number of likely N-dealkylation sites (N-methyl/N-ethyl adjacent to an activating group) is 1. The van der Waals surface area contributed by atoms with Gasteiger partial charge in [-0.1, -0.05) is 12.1 Å². The zero-order valence-electron chi connectivity index (χ0n) is 16.5. The van der Waals surface area contributed by atoms with Crippen molar-refractivity contribution in [3.63, 3.8) is 0 Å². The number of nitrogens with one attached hydrogen (secondary N) is 2. The maximum Gasteiger partial charge on any atom is 0.175 e. The number of nitriles is 1. The van der Waals surface area contributed by atoms with E-state index < -0.39 is 0 Å². The molecule has 0 aliphatic carbocycles. The highest BCUT2D eigenvalue weighted by molar-refractivity contribution is 7.16. The van der Waals surface area contributed by atoms with Gasteiger partial charge in [-0.3, -0.25) is 0 Å². The molecule has 3 aromatic rings. The zero-order valence-corrected chi connectivity index (χ0v) is 17.4. The van der Waals surface area contributed by atoms with Crippen LogP contribution in [0.2, 0.25) is 0 Å². The number of para-hydroxylation sites is 2. The Bertz CT molecular complexity index is 1040. The van der Waals surface area contributed by atoms with Crippen LogP contribution >= 0.6 is 11.3 Å². The molecule has 7 heteroatoms. The predicted molar refractivity (Wildman–Crippen MR) is 115 cm³/mol. The molecule has 1 aromatic carbocycles. The van der Waals surface area contributed by atoms with Crippen LogP contribution in [-0.2, 0) is 0 Å². The van der Waals surface area contributed by atoms with Crippen LogP contribution in [0.5, 0.6) is 0 Å². The van der Waals surface area contributed by atoms with E-state index in [1.165, 1.54) is 0 Å². The largest absolute Gasteiger partial charge is 0.342 e. The Morgan fingerprint density at radius 3 is 2.50 bits per heavy atom. The van der Waals surface area contributed by atoms with Crippen LogP contribution in [0.4, 0.5) is 16.6 Å². The number of rotatable bonds is 4. The Labute approximate surface area is 169 Å². The topological polar surface area (TPSA) is 69.3 Å². The Morgan fingerprint density at radius 1 is 1.18 bits per heavy atom. The van der Waals surface area contributed by atoms with Gasteiger partial charge < -0.3 is 15.1 Å². The van der Waals surface area contributed by atoms with Crippen LogP contribution in [0.1, 0.15) is 22.9 Å². The van der Waals surface area contributed by atoms with Crippen molar-refractivity contribution in [2.75, 3.05) is 42.9 Å². The van der Waals surface area contributed by atoms with Crippen LogP contribution < -0.4 is 15.1 Å². The zero-order chi connectivity index (χ0) is 19.7. The van der Waals surface area contributed by atoms with E-state index in [2.05, 4.69) is 23.2 Å². The first-order valence-corrected chi connectivity index (χ1v) is 10.5. The lowest BCUT2D eigenvalue weighted by Crippen LogP contribution is -3.14. The molecule has 1 aliphatic rings. The molecule has 0 bridgehead atoms. The SMILES string of the molecule is CC[NH+]1CCN(c2nc3ccccc3nc2Nc2sc(C)c(C)c2C#N)CC1. The maximum absolute atomic E-state index is 9.60. The third-order valence-corrected chi connectivity index (χ3v) is 6.67. The number of quaternary nitrogens is 1. The molecule has 2 aromatic heterocycles. The minimum atomic E-state index is 0.698. The molecule has 28 heavy (non-hydrogen) atoms. The number of aryl methyl sites for hydroxylation is 1. The van der Waals surface area contributed by atoms with Crippen molar-refractivity contribution in [3.8, 4) is 6.07 Å². The number of nitrogens with zero attached hydrogens (tertiary/aromatic N) is 4. The summed E-state index contributed by atoms with van der Waals surface area (Å²) in [5.74, 6) is 1.61. The van der Waals surface area contributed by atoms with E-state index in [4.69, 9.17) is 9.97 Å². The molecule has 0 unspecified atom stereocenters. The average molecular weight is 394 g/mol. The molecule has 4 rings (SSSR count). The van der Waals surface area contributed by atoms with E-state index >= 15 is 0 Å². The monoisotopic (exact) mass is 393 g/mol. The van der Waals surface area contributed by atoms with Gasteiger partial charge in [-0.05, 0) is 38.5 Å². The molecule has 0 radical (unpaired) electrons. The number of benzene rings is 1. The summed E-state index contributed by atoms with van der Waals surface area (Å²) in [5.41, 5.74) is 3.48. The fourth-order valence-electron chi connectivity index (χ4n) is 3.64. The molecule has 2 N–H and O–H groups in total. The number of hydrogen-bond donors (Lipinski definition) is 2. The van der Waals surface area contributed by atoms with Crippen LogP contribution in [0.3, 0.4) is 0 Å². The molecule has 1 saturated heterocycles. The fourth-order valence-corrected chi connectivity index (χ4v) is 4.65. The average Bonchev–Trinajstić information content (AvgIpc) is 3.00. The van der Waals surface area contributed by atoms with Gasteiger partial charge in [-0.15, -0.1) is 11.3 Å². The molecule has 1 aliphatic heterocycles. The van der Waals surface area contributed by atoms with Gasteiger partial charge in [0.25, 0.3) is 0 Å². The molecule has 3 heterocycles. The van der Waals surface area contributed by atoms with Crippen molar-refractivity contribution in [2.24, 2.45) is 0 Å². The van der Waals surface area contributed by atoms with Crippen LogP contribution in [0.25, 0.3) is 11.0 Å². The molecule has 6 nitrogen and oxygen atoms in total. The number of thiophene rings is 1. The first-order valence-electron chi connectivity index (χ1n) is 9.73.